The Morgan fingerprint density at radius 3 is 2.28 bits per heavy atom. The average Bonchev–Trinajstić information content (AvgIpc) is 2.43. The van der Waals surface area contributed by atoms with Crippen LogP contribution in [0.5, 0.6) is 11.5 Å². The van der Waals surface area contributed by atoms with Gasteiger partial charge in [0.25, 0.3) is 0 Å². The fourth-order valence-electron chi connectivity index (χ4n) is 2.31. The molecule has 1 rings (SSSR count). The van der Waals surface area contributed by atoms with E-state index in [0.29, 0.717) is 5.92 Å². The molecular weight excluding hydrogens is 226 g/mol. The summed E-state index contributed by atoms with van der Waals surface area (Å²) in [4.78, 5) is 0. The molecule has 0 fully saturated rings. The lowest BCUT2D eigenvalue weighted by Gasteiger charge is -2.21. The highest BCUT2D eigenvalue weighted by atomic mass is 16.5. The van der Waals surface area contributed by atoms with Crippen molar-refractivity contribution in [3.8, 4) is 11.5 Å². The molecule has 102 valence electrons. The fourth-order valence-corrected chi connectivity index (χ4v) is 2.31. The minimum absolute atomic E-state index is 0.0000463. The van der Waals surface area contributed by atoms with Gasteiger partial charge in [-0.15, -0.1) is 0 Å². The molecule has 0 amide bonds. The Hall–Kier alpha value is -1.22. The van der Waals surface area contributed by atoms with E-state index < -0.39 is 0 Å². The third kappa shape index (κ3) is 3.39. The summed E-state index contributed by atoms with van der Waals surface area (Å²) in [5.74, 6) is 2.17. The molecule has 18 heavy (non-hydrogen) atoms. The van der Waals surface area contributed by atoms with Gasteiger partial charge in [0.05, 0.1) is 14.2 Å². The van der Waals surface area contributed by atoms with Crippen LogP contribution < -0.4 is 15.2 Å². The van der Waals surface area contributed by atoms with Gasteiger partial charge in [0.2, 0.25) is 0 Å². The number of benzene rings is 1. The van der Waals surface area contributed by atoms with E-state index in [1.165, 1.54) is 0 Å². The number of rotatable bonds is 7. The highest BCUT2D eigenvalue weighted by molar-refractivity contribution is 5.47. The summed E-state index contributed by atoms with van der Waals surface area (Å²) in [5, 5.41) is 0. The van der Waals surface area contributed by atoms with Crippen molar-refractivity contribution in [3.63, 3.8) is 0 Å². The van der Waals surface area contributed by atoms with Crippen LogP contribution in [0.25, 0.3) is 0 Å². The number of ether oxygens (including phenoxy) is 2. The number of methoxy groups -OCH3 is 2. The molecule has 0 saturated carbocycles. The van der Waals surface area contributed by atoms with E-state index in [4.69, 9.17) is 15.2 Å². The minimum atomic E-state index is -0.0000463. The standard InChI is InChI=1S/C15H25NO2/c1-5-11(6-2)10-13(16)12-8-7-9-14(17-3)15(12)18-4/h7-9,11,13H,5-6,10,16H2,1-4H3. The summed E-state index contributed by atoms with van der Waals surface area (Å²) in [6.07, 6.45) is 3.31. The summed E-state index contributed by atoms with van der Waals surface area (Å²) in [6, 6.07) is 5.88. The Balaban J connectivity index is 2.94. The molecule has 0 aliphatic heterocycles. The van der Waals surface area contributed by atoms with E-state index in [0.717, 1.165) is 36.3 Å². The lowest BCUT2D eigenvalue weighted by molar-refractivity contribution is 0.343. The number of para-hydroxylation sites is 1. The molecular formula is C15H25NO2. The van der Waals surface area contributed by atoms with Crippen molar-refractivity contribution in [2.75, 3.05) is 14.2 Å². The van der Waals surface area contributed by atoms with Crippen LogP contribution in [0, 0.1) is 5.92 Å². The van der Waals surface area contributed by atoms with E-state index in [1.807, 2.05) is 18.2 Å². The average molecular weight is 251 g/mol. The first kappa shape index (κ1) is 14.8. The monoisotopic (exact) mass is 251 g/mol. The Morgan fingerprint density at radius 1 is 1.11 bits per heavy atom. The largest absolute Gasteiger partial charge is 0.493 e. The highest BCUT2D eigenvalue weighted by Gasteiger charge is 2.18. The van der Waals surface area contributed by atoms with E-state index in [2.05, 4.69) is 13.8 Å². The lowest BCUT2D eigenvalue weighted by atomic mass is 9.91. The van der Waals surface area contributed by atoms with Gasteiger partial charge in [-0.2, -0.15) is 0 Å². The zero-order valence-electron chi connectivity index (χ0n) is 11.9. The van der Waals surface area contributed by atoms with Crippen LogP contribution >= 0.6 is 0 Å². The molecule has 1 aromatic rings. The van der Waals surface area contributed by atoms with Crippen molar-refractivity contribution < 1.29 is 9.47 Å². The molecule has 2 N–H and O–H groups in total. The SMILES string of the molecule is CCC(CC)CC(N)c1cccc(OC)c1OC. The van der Waals surface area contributed by atoms with E-state index >= 15 is 0 Å². The molecule has 0 spiro atoms. The molecule has 0 heterocycles. The quantitative estimate of drug-likeness (QED) is 0.806. The van der Waals surface area contributed by atoms with Gasteiger partial charge in [-0.3, -0.25) is 0 Å². The molecule has 1 atom stereocenters. The second kappa shape index (κ2) is 7.27. The molecule has 0 saturated heterocycles. The zero-order chi connectivity index (χ0) is 13.5. The van der Waals surface area contributed by atoms with Gasteiger partial charge in [0.1, 0.15) is 0 Å². The van der Waals surface area contributed by atoms with Crippen LogP contribution in [0.3, 0.4) is 0 Å². The van der Waals surface area contributed by atoms with Gasteiger partial charge in [0.15, 0.2) is 11.5 Å². The Morgan fingerprint density at radius 2 is 1.78 bits per heavy atom. The first-order valence-electron chi connectivity index (χ1n) is 6.64. The van der Waals surface area contributed by atoms with Crippen molar-refractivity contribution in [3.05, 3.63) is 23.8 Å². The van der Waals surface area contributed by atoms with Crippen molar-refractivity contribution in [1.29, 1.82) is 0 Å². The van der Waals surface area contributed by atoms with Crippen LogP contribution in [0.4, 0.5) is 0 Å². The second-order valence-electron chi connectivity index (χ2n) is 4.61. The van der Waals surface area contributed by atoms with Gasteiger partial charge in [-0.05, 0) is 18.4 Å². The van der Waals surface area contributed by atoms with Gasteiger partial charge in [-0.1, -0.05) is 38.8 Å². The topological polar surface area (TPSA) is 44.5 Å². The zero-order valence-corrected chi connectivity index (χ0v) is 11.9. The summed E-state index contributed by atoms with van der Waals surface area (Å²) in [5.41, 5.74) is 7.34. The number of hydrogen-bond acceptors (Lipinski definition) is 3. The maximum absolute atomic E-state index is 6.31. The van der Waals surface area contributed by atoms with Gasteiger partial charge in [0, 0.05) is 11.6 Å². The molecule has 0 aliphatic rings. The summed E-state index contributed by atoms with van der Waals surface area (Å²) < 4.78 is 10.7. The highest BCUT2D eigenvalue weighted by Crippen LogP contribution is 2.36. The molecule has 0 aliphatic carbocycles. The summed E-state index contributed by atoms with van der Waals surface area (Å²) >= 11 is 0. The molecule has 0 bridgehead atoms. The number of nitrogens with two attached hydrogens (primary N) is 1. The van der Waals surface area contributed by atoms with Crippen LogP contribution in [0.1, 0.15) is 44.7 Å². The summed E-state index contributed by atoms with van der Waals surface area (Å²) in [6.45, 7) is 4.42. The van der Waals surface area contributed by atoms with Gasteiger partial charge >= 0.3 is 0 Å². The third-order valence-corrected chi connectivity index (χ3v) is 3.57. The van der Waals surface area contributed by atoms with Gasteiger partial charge in [-0.25, -0.2) is 0 Å². The third-order valence-electron chi connectivity index (χ3n) is 3.57. The minimum Gasteiger partial charge on any atom is -0.493 e. The van der Waals surface area contributed by atoms with Crippen LogP contribution in [0.15, 0.2) is 18.2 Å². The van der Waals surface area contributed by atoms with Crippen LogP contribution in [0.2, 0.25) is 0 Å². The molecule has 0 radical (unpaired) electrons. The Kier molecular flexibility index (Phi) is 5.99. The normalized spacial score (nSPS) is 12.6. The molecule has 1 unspecified atom stereocenters. The fraction of sp³-hybridized carbons (Fsp3) is 0.600. The van der Waals surface area contributed by atoms with Crippen molar-refractivity contribution >= 4 is 0 Å². The molecule has 0 aromatic heterocycles. The predicted molar refractivity (Wildman–Crippen MR) is 75.2 cm³/mol. The van der Waals surface area contributed by atoms with E-state index in [1.54, 1.807) is 14.2 Å². The van der Waals surface area contributed by atoms with Gasteiger partial charge < -0.3 is 15.2 Å². The molecule has 3 nitrogen and oxygen atoms in total. The first-order chi connectivity index (χ1) is 8.67. The van der Waals surface area contributed by atoms with Crippen LogP contribution in [-0.2, 0) is 0 Å². The lowest BCUT2D eigenvalue weighted by Crippen LogP contribution is -2.16. The summed E-state index contributed by atoms with van der Waals surface area (Å²) in [7, 11) is 3.30. The predicted octanol–water partition coefficient (Wildman–Crippen LogP) is 3.53. The first-order valence-corrected chi connectivity index (χ1v) is 6.64. The van der Waals surface area contributed by atoms with Crippen molar-refractivity contribution in [1.82, 2.24) is 0 Å². The molecule has 3 heteroatoms. The van der Waals surface area contributed by atoms with Crippen molar-refractivity contribution in [2.45, 2.75) is 39.2 Å². The maximum atomic E-state index is 6.31. The van der Waals surface area contributed by atoms with Crippen molar-refractivity contribution in [2.24, 2.45) is 11.7 Å². The second-order valence-corrected chi connectivity index (χ2v) is 4.61. The molecule has 1 aromatic carbocycles. The Bertz CT molecular complexity index is 362. The Labute approximate surface area is 110 Å². The maximum Gasteiger partial charge on any atom is 0.165 e. The smallest absolute Gasteiger partial charge is 0.165 e. The number of hydrogen-bond donors (Lipinski definition) is 1. The van der Waals surface area contributed by atoms with E-state index in [-0.39, 0.29) is 6.04 Å². The van der Waals surface area contributed by atoms with E-state index in [9.17, 15) is 0 Å². The van der Waals surface area contributed by atoms with Crippen LogP contribution in [-0.4, -0.2) is 14.2 Å².